The van der Waals surface area contributed by atoms with Crippen LogP contribution in [-0.4, -0.2) is 13.3 Å². The topological polar surface area (TPSA) is 3.88 Å². The fourth-order valence-corrected chi connectivity index (χ4v) is 17.4. The molecular weight excluding hydrogens is 399 g/mol. The van der Waals surface area contributed by atoms with E-state index in [9.17, 15) is 0 Å². The van der Waals surface area contributed by atoms with Gasteiger partial charge in [0.2, 0.25) is 0 Å². The molecule has 3 heterocycles. The van der Waals surface area contributed by atoms with E-state index in [-0.39, 0.29) is 0 Å². The van der Waals surface area contributed by atoms with Crippen LogP contribution in [0.3, 0.4) is 0 Å². The minimum absolute atomic E-state index is 1.29. The molecule has 0 unspecified atom stereocenters. The Labute approximate surface area is 171 Å². The van der Waals surface area contributed by atoms with Crippen LogP contribution in [-0.2, 0) is 13.5 Å². The van der Waals surface area contributed by atoms with Gasteiger partial charge in [0.05, 0.1) is 0 Å². The second-order valence-electron chi connectivity index (χ2n) is 8.95. The summed E-state index contributed by atoms with van der Waals surface area (Å²) in [7, 11) is 2.27. The third-order valence-corrected chi connectivity index (χ3v) is 18.8. The normalized spacial score (nSPS) is 17.6. The number of aryl methyl sites for hydroxylation is 3. The summed E-state index contributed by atoms with van der Waals surface area (Å²) in [6.07, 6.45) is 8.26. The monoisotopic (exact) mass is 430 g/mol. The molecular formula is C26H30GeN+. The Balaban J connectivity index is 1.63. The molecule has 0 N–H and O–H groups in total. The van der Waals surface area contributed by atoms with E-state index >= 15 is 0 Å². The summed E-state index contributed by atoms with van der Waals surface area (Å²) < 4.78 is 4.28. The van der Waals surface area contributed by atoms with E-state index in [4.69, 9.17) is 0 Å². The molecule has 0 saturated carbocycles. The first-order chi connectivity index (χ1) is 13.7. The zero-order valence-corrected chi connectivity index (χ0v) is 19.3. The van der Waals surface area contributed by atoms with Crippen molar-refractivity contribution in [1.29, 1.82) is 0 Å². The van der Waals surface area contributed by atoms with Crippen molar-refractivity contribution in [3.63, 3.8) is 0 Å². The van der Waals surface area contributed by atoms with Crippen LogP contribution in [0.15, 0.2) is 60.8 Å². The summed E-state index contributed by atoms with van der Waals surface area (Å²) in [5, 5.41) is 4.73. The molecule has 28 heavy (non-hydrogen) atoms. The van der Waals surface area contributed by atoms with E-state index < -0.39 is 13.3 Å². The minimum atomic E-state index is -1.78. The van der Waals surface area contributed by atoms with Crippen LogP contribution in [0.2, 0.25) is 15.8 Å². The standard InChI is InChI=1S/C26H30GeN/c1-20-12-13-22(21-9-4-3-5-10-21)17-24(20)26-18-23-11-8-16-27(14-6-7-15-27)25(23)19-28(26)2/h3-5,9-10,12-13,17-19H,6-8,11,14-16H2,1-2H3/q+1. The fourth-order valence-electron chi connectivity index (χ4n) is 5.67. The Morgan fingerprint density at radius 2 is 1.57 bits per heavy atom. The first kappa shape index (κ1) is 18.2. The molecule has 0 atom stereocenters. The summed E-state index contributed by atoms with van der Waals surface area (Å²) in [6, 6.07) is 20.2. The molecule has 1 nitrogen and oxygen atoms in total. The third kappa shape index (κ3) is 3.04. The molecule has 1 fully saturated rings. The summed E-state index contributed by atoms with van der Waals surface area (Å²) in [5.41, 5.74) is 8.42. The third-order valence-electron chi connectivity index (χ3n) is 7.21. The van der Waals surface area contributed by atoms with Gasteiger partial charge in [-0.1, -0.05) is 0 Å². The zero-order valence-electron chi connectivity index (χ0n) is 17.2. The summed E-state index contributed by atoms with van der Waals surface area (Å²) in [6.45, 7) is 2.25. The maximum atomic E-state index is 2.56. The molecule has 142 valence electrons. The van der Waals surface area contributed by atoms with Crippen molar-refractivity contribution in [2.24, 2.45) is 7.05 Å². The van der Waals surface area contributed by atoms with E-state index in [1.807, 2.05) is 4.40 Å². The number of pyridine rings is 1. The summed E-state index contributed by atoms with van der Waals surface area (Å²) in [4.78, 5) is 0. The van der Waals surface area contributed by atoms with Gasteiger partial charge in [0.1, 0.15) is 0 Å². The second kappa shape index (κ2) is 7.19. The number of benzene rings is 2. The zero-order chi connectivity index (χ0) is 19.1. The Morgan fingerprint density at radius 3 is 2.36 bits per heavy atom. The SMILES string of the molecule is Cc1ccc(-c2ccccc2)cc1-c1cc2[c](c[n+]1C)[Ge]1([CH2]CC[CH2]1)[CH2]CC2. The van der Waals surface area contributed by atoms with Crippen molar-refractivity contribution in [3.05, 3.63) is 71.9 Å². The Morgan fingerprint density at radius 1 is 0.821 bits per heavy atom. The van der Waals surface area contributed by atoms with E-state index in [1.54, 1.807) is 21.3 Å². The molecule has 0 amide bonds. The van der Waals surface area contributed by atoms with Crippen LogP contribution < -0.4 is 8.96 Å². The number of nitrogens with zero attached hydrogens (tertiary/aromatic N) is 1. The fraction of sp³-hybridized carbons (Fsp3) is 0.346. The predicted molar refractivity (Wildman–Crippen MR) is 121 cm³/mol. The van der Waals surface area contributed by atoms with Crippen LogP contribution in [0.1, 0.15) is 30.4 Å². The first-order valence-corrected chi connectivity index (χ1v) is 16.4. The van der Waals surface area contributed by atoms with Gasteiger partial charge >= 0.3 is 172 Å². The van der Waals surface area contributed by atoms with E-state index in [0.717, 1.165) is 0 Å². The van der Waals surface area contributed by atoms with Gasteiger partial charge in [0, 0.05) is 0 Å². The van der Waals surface area contributed by atoms with Crippen LogP contribution in [0, 0.1) is 6.92 Å². The van der Waals surface area contributed by atoms with Gasteiger partial charge in [-0.05, 0) is 0 Å². The van der Waals surface area contributed by atoms with Gasteiger partial charge < -0.3 is 0 Å². The summed E-state index contributed by atoms with van der Waals surface area (Å²) >= 11 is -1.78. The molecule has 3 aromatic rings. The number of aromatic nitrogens is 1. The van der Waals surface area contributed by atoms with Crippen molar-refractivity contribution in [2.45, 2.75) is 48.4 Å². The molecule has 0 bridgehead atoms. The van der Waals surface area contributed by atoms with E-state index in [0.29, 0.717) is 0 Å². The van der Waals surface area contributed by atoms with Crippen LogP contribution >= 0.6 is 0 Å². The quantitative estimate of drug-likeness (QED) is 0.372. The second-order valence-corrected chi connectivity index (χ2v) is 18.6. The number of rotatable bonds is 2. The van der Waals surface area contributed by atoms with Crippen LogP contribution in [0.4, 0.5) is 0 Å². The average molecular weight is 429 g/mol. The predicted octanol–water partition coefficient (Wildman–Crippen LogP) is 5.55. The molecule has 0 aliphatic carbocycles. The molecule has 2 aliphatic rings. The molecule has 2 aliphatic heterocycles. The molecule has 5 rings (SSSR count). The van der Waals surface area contributed by atoms with Gasteiger partial charge in [-0.25, -0.2) is 0 Å². The van der Waals surface area contributed by atoms with Crippen LogP contribution in [0.25, 0.3) is 22.4 Å². The first-order valence-electron chi connectivity index (χ1n) is 10.9. The molecule has 1 saturated heterocycles. The Hall–Kier alpha value is -1.87. The van der Waals surface area contributed by atoms with E-state index in [2.05, 4.69) is 79.3 Å². The van der Waals surface area contributed by atoms with Crippen molar-refractivity contribution < 1.29 is 4.57 Å². The number of fused-ring (bicyclic) bond motifs is 2. The summed E-state index contributed by atoms with van der Waals surface area (Å²) in [5.74, 6) is 0. The number of hydrogen-bond acceptors (Lipinski definition) is 0. The maximum absolute atomic E-state index is 2.56. The Kier molecular flexibility index (Phi) is 4.67. The van der Waals surface area contributed by atoms with Gasteiger partial charge in [-0.2, -0.15) is 0 Å². The Bertz CT molecular complexity index is 1020. The van der Waals surface area contributed by atoms with E-state index in [1.165, 1.54) is 53.6 Å². The number of hydrogen-bond donors (Lipinski definition) is 0. The van der Waals surface area contributed by atoms with Crippen molar-refractivity contribution >= 4 is 17.7 Å². The van der Waals surface area contributed by atoms with Gasteiger partial charge in [-0.3, -0.25) is 0 Å². The molecule has 2 heteroatoms. The average Bonchev–Trinajstić information content (AvgIpc) is 3.19. The molecule has 0 radical (unpaired) electrons. The van der Waals surface area contributed by atoms with Gasteiger partial charge in [-0.15, -0.1) is 0 Å². The molecule has 1 spiro atoms. The van der Waals surface area contributed by atoms with Crippen molar-refractivity contribution in [1.82, 2.24) is 0 Å². The van der Waals surface area contributed by atoms with Gasteiger partial charge in [0.15, 0.2) is 0 Å². The molecule has 1 aromatic heterocycles. The van der Waals surface area contributed by atoms with Crippen LogP contribution in [0.5, 0.6) is 0 Å². The van der Waals surface area contributed by atoms with Crippen molar-refractivity contribution in [3.8, 4) is 22.4 Å². The molecule has 2 aromatic carbocycles. The van der Waals surface area contributed by atoms with Crippen molar-refractivity contribution in [2.75, 3.05) is 0 Å². The van der Waals surface area contributed by atoms with Gasteiger partial charge in [0.25, 0.3) is 0 Å².